The average molecular weight is 519 g/mol. The molecule has 1 fully saturated rings. The third kappa shape index (κ3) is 3.38. The molecule has 2 N–H and O–H groups in total. The number of aromatic nitrogens is 5. The molecule has 9 nitrogen and oxygen atoms in total. The van der Waals surface area contributed by atoms with E-state index < -0.39 is 23.0 Å². The Labute approximate surface area is 216 Å². The first kappa shape index (κ1) is 24.2. The number of aliphatic hydroxyl groups is 1. The molecule has 2 bridgehead atoms. The van der Waals surface area contributed by atoms with Crippen molar-refractivity contribution in [2.24, 2.45) is 5.41 Å². The van der Waals surface area contributed by atoms with Gasteiger partial charge in [-0.3, -0.25) is 9.78 Å². The van der Waals surface area contributed by atoms with E-state index in [9.17, 15) is 13.6 Å². The van der Waals surface area contributed by atoms with Crippen LogP contribution in [0, 0.1) is 17.0 Å². The van der Waals surface area contributed by atoms with Crippen LogP contribution in [0.15, 0.2) is 47.3 Å². The van der Waals surface area contributed by atoms with E-state index in [0.717, 1.165) is 24.1 Å². The summed E-state index contributed by atoms with van der Waals surface area (Å²) in [6.45, 7) is 4.18. The molecule has 2 atom stereocenters. The monoisotopic (exact) mass is 518 g/mol. The van der Waals surface area contributed by atoms with Gasteiger partial charge >= 0.3 is 0 Å². The molecular formula is C27H24F2N6O3. The highest BCUT2D eigenvalue weighted by atomic mass is 19.1. The van der Waals surface area contributed by atoms with E-state index >= 15 is 0 Å². The number of rotatable bonds is 6. The number of amides is 1. The van der Waals surface area contributed by atoms with Crippen molar-refractivity contribution < 1.29 is 23.1 Å². The van der Waals surface area contributed by atoms with Crippen LogP contribution in [0.1, 0.15) is 60.0 Å². The first-order chi connectivity index (χ1) is 18.3. The van der Waals surface area contributed by atoms with Gasteiger partial charge in [-0.15, -0.1) is 5.10 Å². The molecule has 1 saturated carbocycles. The first-order valence-corrected chi connectivity index (χ1v) is 12.3. The van der Waals surface area contributed by atoms with Gasteiger partial charge in [0.2, 0.25) is 5.89 Å². The van der Waals surface area contributed by atoms with Gasteiger partial charge < -0.3 is 14.8 Å². The molecule has 0 spiro atoms. The Hall–Kier alpha value is -4.12. The molecule has 0 radical (unpaired) electrons. The summed E-state index contributed by atoms with van der Waals surface area (Å²) in [6, 6.07) is 5.48. The molecule has 1 aromatic carbocycles. The van der Waals surface area contributed by atoms with E-state index in [1.807, 2.05) is 0 Å². The lowest BCUT2D eigenvalue weighted by atomic mass is 9.66. The number of carbonyl (C=O) groups is 1. The smallest absolute Gasteiger partial charge is 0.273 e. The van der Waals surface area contributed by atoms with Gasteiger partial charge in [0.1, 0.15) is 23.6 Å². The van der Waals surface area contributed by atoms with E-state index in [-0.39, 0.29) is 47.3 Å². The molecule has 38 heavy (non-hydrogen) atoms. The van der Waals surface area contributed by atoms with Crippen molar-refractivity contribution in [3.63, 3.8) is 0 Å². The van der Waals surface area contributed by atoms with Crippen LogP contribution in [0.2, 0.25) is 0 Å². The van der Waals surface area contributed by atoms with E-state index in [4.69, 9.17) is 14.5 Å². The second-order valence-corrected chi connectivity index (χ2v) is 10.2. The highest BCUT2D eigenvalue weighted by Gasteiger charge is 2.65. The minimum Gasteiger partial charge on any atom is -0.442 e. The van der Waals surface area contributed by atoms with Crippen LogP contribution in [0.4, 0.5) is 8.78 Å². The fourth-order valence-electron chi connectivity index (χ4n) is 6.19. The van der Waals surface area contributed by atoms with E-state index in [1.165, 1.54) is 30.7 Å². The van der Waals surface area contributed by atoms with Crippen LogP contribution in [0.25, 0.3) is 22.8 Å². The molecule has 0 unspecified atom stereocenters. The van der Waals surface area contributed by atoms with Crippen molar-refractivity contribution in [3.8, 4) is 22.8 Å². The topological polar surface area (TPSA) is 127 Å². The van der Waals surface area contributed by atoms with Gasteiger partial charge in [0.05, 0.1) is 40.9 Å². The lowest BCUT2D eigenvalue weighted by Crippen LogP contribution is -2.38. The molecule has 2 aliphatic rings. The molecular weight excluding hydrogens is 494 g/mol. The Morgan fingerprint density at radius 2 is 1.95 bits per heavy atom. The summed E-state index contributed by atoms with van der Waals surface area (Å²) < 4.78 is 34.5. The second kappa shape index (κ2) is 8.73. The summed E-state index contributed by atoms with van der Waals surface area (Å²) in [5.74, 6) is -1.64. The lowest BCUT2D eigenvalue weighted by Gasteiger charge is -2.37. The second-order valence-electron chi connectivity index (χ2n) is 10.2. The minimum atomic E-state index is -0.690. The summed E-state index contributed by atoms with van der Waals surface area (Å²) in [5.41, 5.74) is 1.69. The maximum absolute atomic E-state index is 14.5. The molecule has 6 rings (SSSR count). The number of halogens is 2. The fraction of sp³-hybridized carbons (Fsp3) is 0.333. The zero-order valence-corrected chi connectivity index (χ0v) is 20.7. The van der Waals surface area contributed by atoms with Gasteiger partial charge in [-0.25, -0.2) is 18.7 Å². The maximum Gasteiger partial charge on any atom is 0.273 e. The maximum atomic E-state index is 14.5. The molecule has 0 aliphatic heterocycles. The Bertz CT molecular complexity index is 1550. The van der Waals surface area contributed by atoms with Crippen molar-refractivity contribution >= 4 is 5.91 Å². The van der Waals surface area contributed by atoms with Crippen LogP contribution < -0.4 is 5.32 Å². The summed E-state index contributed by atoms with van der Waals surface area (Å²) in [6.07, 6.45) is 6.01. The summed E-state index contributed by atoms with van der Waals surface area (Å²) in [4.78, 5) is 25.7. The number of fused-ring (bicyclic) bond motifs is 5. The zero-order chi connectivity index (χ0) is 26.7. The Kier molecular flexibility index (Phi) is 5.56. The number of nitrogens with one attached hydrogen (secondary N) is 1. The third-order valence-corrected chi connectivity index (χ3v) is 8.03. The molecule has 4 aromatic rings. The standard InChI is InChI=1S/C27H24F2N6O3/c1-26(2)15-6-7-27(26,23-14(15)10-18(34-35-23)22-16(28)4-3-5-17(22)29)21-12-30-11-19(32-21)25-33-20(13-38-25)24(37)31-8-9-36/h3-5,10-13,15,36H,6-9H2,1-2H3,(H,31,37)/t15-,27-/m0/s1. The molecule has 1 amide bonds. The van der Waals surface area contributed by atoms with Crippen molar-refractivity contribution in [1.29, 1.82) is 0 Å². The van der Waals surface area contributed by atoms with Crippen LogP contribution >= 0.6 is 0 Å². The van der Waals surface area contributed by atoms with Crippen LogP contribution in [-0.4, -0.2) is 49.3 Å². The van der Waals surface area contributed by atoms with E-state index in [2.05, 4.69) is 39.3 Å². The van der Waals surface area contributed by atoms with Crippen molar-refractivity contribution in [1.82, 2.24) is 30.5 Å². The third-order valence-electron chi connectivity index (χ3n) is 8.03. The normalized spacial score (nSPS) is 20.9. The van der Waals surface area contributed by atoms with Gasteiger partial charge in [0.25, 0.3) is 5.91 Å². The van der Waals surface area contributed by atoms with Gasteiger partial charge in [-0.05, 0) is 47.9 Å². The predicted octanol–water partition coefficient (Wildman–Crippen LogP) is 3.79. The highest BCUT2D eigenvalue weighted by Crippen LogP contribution is 2.69. The highest BCUT2D eigenvalue weighted by molar-refractivity contribution is 5.92. The summed E-state index contributed by atoms with van der Waals surface area (Å²) >= 11 is 0. The predicted molar refractivity (Wildman–Crippen MR) is 131 cm³/mol. The van der Waals surface area contributed by atoms with Crippen LogP contribution in [0.5, 0.6) is 0 Å². The van der Waals surface area contributed by atoms with Crippen LogP contribution in [0.3, 0.4) is 0 Å². The number of oxazole rings is 1. The molecule has 3 aromatic heterocycles. The number of hydrogen-bond donors (Lipinski definition) is 2. The Morgan fingerprint density at radius 1 is 1.16 bits per heavy atom. The minimum absolute atomic E-state index is 0.0602. The van der Waals surface area contributed by atoms with Crippen molar-refractivity contribution in [2.45, 2.75) is 38.0 Å². The van der Waals surface area contributed by atoms with E-state index in [1.54, 1.807) is 12.3 Å². The van der Waals surface area contributed by atoms with Gasteiger partial charge in [0.15, 0.2) is 5.69 Å². The number of hydrogen-bond acceptors (Lipinski definition) is 8. The largest absolute Gasteiger partial charge is 0.442 e. The van der Waals surface area contributed by atoms with Gasteiger partial charge in [0, 0.05) is 12.7 Å². The zero-order valence-electron chi connectivity index (χ0n) is 20.7. The van der Waals surface area contributed by atoms with Gasteiger partial charge in [-0.1, -0.05) is 19.9 Å². The first-order valence-electron chi connectivity index (χ1n) is 12.3. The number of nitrogens with zero attached hydrogens (tertiary/aromatic N) is 5. The Balaban J connectivity index is 1.42. The van der Waals surface area contributed by atoms with Crippen molar-refractivity contribution in [3.05, 3.63) is 77.2 Å². The van der Waals surface area contributed by atoms with Gasteiger partial charge in [-0.2, -0.15) is 5.10 Å². The molecule has 11 heteroatoms. The molecule has 2 aliphatic carbocycles. The summed E-state index contributed by atoms with van der Waals surface area (Å²) in [5, 5.41) is 20.2. The molecule has 3 heterocycles. The number of benzene rings is 1. The quantitative estimate of drug-likeness (QED) is 0.395. The number of aliphatic hydroxyl groups excluding tert-OH is 1. The van der Waals surface area contributed by atoms with Crippen molar-refractivity contribution in [2.75, 3.05) is 13.2 Å². The molecule has 0 saturated heterocycles. The number of carbonyl (C=O) groups excluding carboxylic acids is 1. The Morgan fingerprint density at radius 3 is 2.71 bits per heavy atom. The average Bonchev–Trinajstić information content (AvgIpc) is 3.56. The molecule has 194 valence electrons. The lowest BCUT2D eigenvalue weighted by molar-refractivity contribution is 0.0940. The SMILES string of the molecule is CC1(C)[C@H]2CC[C@]1(c1cncc(-c3nc(C(=O)NCCO)co3)n1)c1nnc(-c3c(F)cccc3F)cc12. The van der Waals surface area contributed by atoms with E-state index in [0.29, 0.717) is 11.4 Å². The van der Waals surface area contributed by atoms with Crippen LogP contribution in [-0.2, 0) is 5.41 Å². The summed E-state index contributed by atoms with van der Waals surface area (Å²) in [7, 11) is 0. The fourth-order valence-corrected chi connectivity index (χ4v) is 6.19.